The highest BCUT2D eigenvalue weighted by Gasteiger charge is 2.43. The number of hydrogen-bond acceptors (Lipinski definition) is 2. The van der Waals surface area contributed by atoms with E-state index < -0.39 is 15.6 Å². The van der Waals surface area contributed by atoms with Crippen molar-refractivity contribution >= 4 is 21.6 Å². The van der Waals surface area contributed by atoms with Crippen LogP contribution in [0.15, 0.2) is 0 Å². The van der Waals surface area contributed by atoms with E-state index >= 15 is 0 Å². The molecule has 78 valence electrons. The van der Waals surface area contributed by atoms with Crippen molar-refractivity contribution in [2.75, 3.05) is 12.9 Å². The first-order chi connectivity index (χ1) is 5.82. The smallest absolute Gasteiger partial charge is 0.212 e. The zero-order valence-corrected chi connectivity index (χ0v) is 9.82. The van der Waals surface area contributed by atoms with Crippen LogP contribution in [0.25, 0.3) is 0 Å². The Hall–Kier alpha value is 0.200. The Morgan fingerprint density at radius 3 is 2.23 bits per heavy atom. The summed E-state index contributed by atoms with van der Waals surface area (Å²) >= 11 is 5.71. The molecule has 1 saturated carbocycles. The number of nitrogens with zero attached hydrogens (tertiary/aromatic N) is 1. The third-order valence-corrected chi connectivity index (χ3v) is 5.73. The van der Waals surface area contributed by atoms with Crippen molar-refractivity contribution in [3.8, 4) is 0 Å². The molecule has 0 saturated heterocycles. The van der Waals surface area contributed by atoms with E-state index in [1.54, 1.807) is 7.05 Å². The molecule has 0 aromatic rings. The predicted molar refractivity (Wildman–Crippen MR) is 54.5 cm³/mol. The van der Waals surface area contributed by atoms with Crippen LogP contribution in [0, 0.1) is 0 Å². The molecule has 13 heavy (non-hydrogen) atoms. The molecule has 1 fully saturated rings. The number of halogens is 1. The first kappa shape index (κ1) is 11.3. The lowest BCUT2D eigenvalue weighted by molar-refractivity contribution is 0.295. The molecule has 1 aliphatic rings. The molecule has 0 aromatic heterocycles. The van der Waals surface area contributed by atoms with Crippen molar-refractivity contribution < 1.29 is 8.42 Å². The van der Waals surface area contributed by atoms with Gasteiger partial charge in [-0.3, -0.25) is 0 Å². The number of sulfonamides is 1. The van der Waals surface area contributed by atoms with E-state index in [1.807, 2.05) is 13.8 Å². The van der Waals surface area contributed by atoms with E-state index in [2.05, 4.69) is 0 Å². The molecular weight excluding hydrogens is 210 g/mol. The van der Waals surface area contributed by atoms with E-state index in [1.165, 1.54) is 4.31 Å². The fraction of sp³-hybridized carbons (Fsp3) is 1.00. The molecule has 0 aliphatic heterocycles. The molecular formula is C8H16ClNO2S. The van der Waals surface area contributed by atoms with Gasteiger partial charge >= 0.3 is 0 Å². The summed E-state index contributed by atoms with van der Waals surface area (Å²) in [5, 5.41) is -0.153. The van der Waals surface area contributed by atoms with E-state index in [0.717, 1.165) is 12.8 Å². The molecule has 0 amide bonds. The van der Waals surface area contributed by atoms with Gasteiger partial charge in [0.1, 0.15) is 0 Å². The fourth-order valence-corrected chi connectivity index (χ4v) is 3.20. The second-order valence-corrected chi connectivity index (χ2v) is 6.67. The van der Waals surface area contributed by atoms with Crippen LogP contribution in [0.1, 0.15) is 26.7 Å². The number of rotatable bonds is 4. The minimum atomic E-state index is -3.09. The lowest BCUT2D eigenvalue weighted by Crippen LogP contribution is -2.47. The molecule has 0 atom stereocenters. The minimum Gasteiger partial charge on any atom is -0.212 e. The summed E-state index contributed by atoms with van der Waals surface area (Å²) in [6.07, 6.45) is 1.59. The topological polar surface area (TPSA) is 37.4 Å². The van der Waals surface area contributed by atoms with Gasteiger partial charge in [0, 0.05) is 18.5 Å². The average Bonchev–Trinajstić information content (AvgIpc) is 2.85. The van der Waals surface area contributed by atoms with Gasteiger partial charge in [-0.15, -0.1) is 11.6 Å². The van der Waals surface area contributed by atoms with E-state index in [4.69, 9.17) is 11.6 Å². The van der Waals surface area contributed by atoms with E-state index in [9.17, 15) is 8.42 Å². The largest absolute Gasteiger partial charge is 0.217 e. The van der Waals surface area contributed by atoms with E-state index in [0.29, 0.717) is 5.88 Å². The van der Waals surface area contributed by atoms with Crippen LogP contribution in [0.3, 0.4) is 0 Å². The maximum atomic E-state index is 11.8. The molecule has 1 rings (SSSR count). The van der Waals surface area contributed by atoms with Gasteiger partial charge in [0.05, 0.1) is 5.25 Å². The van der Waals surface area contributed by atoms with Crippen LogP contribution in [-0.4, -0.2) is 36.4 Å². The summed E-state index contributed by atoms with van der Waals surface area (Å²) in [4.78, 5) is 0. The van der Waals surface area contributed by atoms with Gasteiger partial charge in [-0.25, -0.2) is 8.42 Å². The van der Waals surface area contributed by atoms with Crippen LogP contribution in [-0.2, 0) is 10.0 Å². The minimum absolute atomic E-state index is 0.153. The van der Waals surface area contributed by atoms with Crippen molar-refractivity contribution in [3.63, 3.8) is 0 Å². The molecule has 0 radical (unpaired) electrons. The Balaban J connectivity index is 2.82. The van der Waals surface area contributed by atoms with Crippen LogP contribution in [0.5, 0.6) is 0 Å². The van der Waals surface area contributed by atoms with Gasteiger partial charge in [0.25, 0.3) is 0 Å². The molecule has 0 aromatic carbocycles. The Bertz CT molecular complexity index is 283. The Morgan fingerprint density at radius 2 is 1.92 bits per heavy atom. The van der Waals surface area contributed by atoms with Crippen molar-refractivity contribution in [2.45, 2.75) is 37.5 Å². The quantitative estimate of drug-likeness (QED) is 0.679. The monoisotopic (exact) mass is 225 g/mol. The summed E-state index contributed by atoms with van der Waals surface area (Å²) in [5.74, 6) is 0.315. The Labute approximate surface area is 85.1 Å². The summed E-state index contributed by atoms with van der Waals surface area (Å²) in [6, 6.07) is 0. The predicted octanol–water partition coefficient (Wildman–Crippen LogP) is 1.43. The van der Waals surface area contributed by atoms with Gasteiger partial charge < -0.3 is 0 Å². The third kappa shape index (κ3) is 2.17. The molecule has 3 nitrogen and oxygen atoms in total. The highest BCUT2D eigenvalue weighted by Crippen LogP contribution is 2.33. The first-order valence-electron chi connectivity index (χ1n) is 4.36. The summed E-state index contributed by atoms with van der Waals surface area (Å²) < 4.78 is 24.9. The Morgan fingerprint density at radius 1 is 1.46 bits per heavy atom. The third-order valence-electron chi connectivity index (χ3n) is 2.51. The second-order valence-electron chi connectivity index (χ2n) is 4.16. The molecule has 1 aliphatic carbocycles. The molecule has 0 N–H and O–H groups in total. The lowest BCUT2D eigenvalue weighted by atomic mass is 10.1. The number of alkyl halides is 1. The van der Waals surface area contributed by atoms with Crippen LogP contribution in [0.4, 0.5) is 0 Å². The van der Waals surface area contributed by atoms with Crippen molar-refractivity contribution in [1.29, 1.82) is 0 Å². The maximum Gasteiger partial charge on any atom is 0.217 e. The van der Waals surface area contributed by atoms with Gasteiger partial charge in [-0.1, -0.05) is 0 Å². The van der Waals surface area contributed by atoms with Gasteiger partial charge in [0.15, 0.2) is 0 Å². The summed E-state index contributed by atoms with van der Waals surface area (Å²) in [7, 11) is -1.48. The van der Waals surface area contributed by atoms with Crippen LogP contribution >= 0.6 is 11.6 Å². The van der Waals surface area contributed by atoms with Gasteiger partial charge in [-0.2, -0.15) is 4.31 Å². The molecule has 0 unspecified atom stereocenters. The van der Waals surface area contributed by atoms with Gasteiger partial charge in [-0.05, 0) is 26.7 Å². The second kappa shape index (κ2) is 3.41. The highest BCUT2D eigenvalue weighted by atomic mass is 35.5. The van der Waals surface area contributed by atoms with Gasteiger partial charge in [0.2, 0.25) is 10.0 Å². The zero-order valence-electron chi connectivity index (χ0n) is 8.25. The van der Waals surface area contributed by atoms with Crippen LogP contribution < -0.4 is 0 Å². The normalized spacial score (nSPS) is 19.5. The van der Waals surface area contributed by atoms with Crippen molar-refractivity contribution in [2.24, 2.45) is 0 Å². The molecule has 0 heterocycles. The van der Waals surface area contributed by atoms with Crippen molar-refractivity contribution in [3.05, 3.63) is 0 Å². The SMILES string of the molecule is CN(C(C)(C)CCl)S(=O)(=O)C1CC1. The summed E-state index contributed by atoms with van der Waals surface area (Å²) in [5.41, 5.74) is -0.483. The Kier molecular flexibility index (Phi) is 2.95. The van der Waals surface area contributed by atoms with E-state index in [-0.39, 0.29) is 5.25 Å². The molecule has 5 heteroatoms. The average molecular weight is 226 g/mol. The zero-order chi connectivity index (χ0) is 10.3. The lowest BCUT2D eigenvalue weighted by Gasteiger charge is -2.32. The highest BCUT2D eigenvalue weighted by molar-refractivity contribution is 7.90. The van der Waals surface area contributed by atoms with Crippen LogP contribution in [0.2, 0.25) is 0 Å². The number of hydrogen-bond donors (Lipinski definition) is 0. The van der Waals surface area contributed by atoms with Crippen molar-refractivity contribution in [1.82, 2.24) is 4.31 Å². The standard InChI is InChI=1S/C8H16ClNO2S/c1-8(2,6-9)10(3)13(11,12)7-4-5-7/h7H,4-6H2,1-3H3. The maximum absolute atomic E-state index is 11.8. The fourth-order valence-electron chi connectivity index (χ4n) is 1.02. The first-order valence-corrected chi connectivity index (χ1v) is 6.40. The molecule has 0 bridgehead atoms. The summed E-state index contributed by atoms with van der Waals surface area (Å²) in [6.45, 7) is 3.67. The molecule has 0 spiro atoms.